The van der Waals surface area contributed by atoms with E-state index < -0.39 is 0 Å². The van der Waals surface area contributed by atoms with Crippen LogP contribution in [0.2, 0.25) is 0 Å². The van der Waals surface area contributed by atoms with Gasteiger partial charge in [0.2, 0.25) is 0 Å². The van der Waals surface area contributed by atoms with E-state index in [1.165, 1.54) is 6.42 Å². The second-order valence-electron chi connectivity index (χ2n) is 3.14. The molecule has 1 unspecified atom stereocenters. The normalized spacial score (nSPS) is 14.3. The van der Waals surface area contributed by atoms with E-state index in [0.717, 1.165) is 18.8 Å². The molecule has 0 N–H and O–H groups in total. The molecule has 0 rings (SSSR count). The summed E-state index contributed by atoms with van der Waals surface area (Å²) in [6.07, 6.45) is 2.79. The Morgan fingerprint density at radius 2 is 1.67 bits per heavy atom. The molecule has 0 aromatic carbocycles. The fourth-order valence-corrected chi connectivity index (χ4v) is 0.814. The zero-order valence-electron chi connectivity index (χ0n) is 6.68. The molecule has 0 aromatic heterocycles. The van der Waals surface area contributed by atoms with E-state index in [-0.39, 0.29) is 6.10 Å². The highest BCUT2D eigenvalue weighted by molar-refractivity contribution is 4.49. The topological polar surface area (TPSA) is 19.9 Å². The maximum atomic E-state index is 10.5. The monoisotopic (exact) mass is 129 g/mol. The molecular formula is C8H17O. The molecule has 1 atom stereocenters. The standard InChI is InChI=1S/C8H17O/c1-7(2)5-4-6-8(3)9/h7-8H,4-6H2,1-3H3. The maximum Gasteiger partial charge on any atom is 0.0902 e. The lowest BCUT2D eigenvalue weighted by Crippen LogP contribution is -1.97. The van der Waals surface area contributed by atoms with Crippen molar-refractivity contribution in [2.45, 2.75) is 46.1 Å². The zero-order valence-corrected chi connectivity index (χ0v) is 6.68. The average Bonchev–Trinajstić information content (AvgIpc) is 1.63. The molecule has 0 bridgehead atoms. The van der Waals surface area contributed by atoms with Crippen molar-refractivity contribution >= 4 is 0 Å². The molecule has 0 heterocycles. The Bertz CT molecular complexity index is 49.6. The van der Waals surface area contributed by atoms with Crippen molar-refractivity contribution in [3.8, 4) is 0 Å². The van der Waals surface area contributed by atoms with E-state index in [1.54, 1.807) is 6.92 Å². The zero-order chi connectivity index (χ0) is 7.28. The largest absolute Gasteiger partial charge is 0.233 e. The van der Waals surface area contributed by atoms with E-state index in [0.29, 0.717) is 0 Å². The van der Waals surface area contributed by atoms with Gasteiger partial charge >= 0.3 is 0 Å². The number of hydrogen-bond donors (Lipinski definition) is 0. The summed E-state index contributed by atoms with van der Waals surface area (Å²) >= 11 is 0. The lowest BCUT2D eigenvalue weighted by atomic mass is 10.1. The van der Waals surface area contributed by atoms with Crippen molar-refractivity contribution in [2.24, 2.45) is 5.92 Å². The molecule has 9 heavy (non-hydrogen) atoms. The van der Waals surface area contributed by atoms with Crippen LogP contribution in [0.5, 0.6) is 0 Å². The molecule has 1 nitrogen and oxygen atoms in total. The molecule has 0 aliphatic carbocycles. The Labute approximate surface area is 58.1 Å². The van der Waals surface area contributed by atoms with Crippen LogP contribution in [0.1, 0.15) is 40.0 Å². The molecule has 0 saturated carbocycles. The lowest BCUT2D eigenvalue weighted by Gasteiger charge is -2.03. The number of rotatable bonds is 4. The van der Waals surface area contributed by atoms with Gasteiger partial charge < -0.3 is 0 Å². The second kappa shape index (κ2) is 4.80. The van der Waals surface area contributed by atoms with E-state index in [4.69, 9.17) is 0 Å². The first-order chi connectivity index (χ1) is 4.13. The van der Waals surface area contributed by atoms with Gasteiger partial charge in [0.15, 0.2) is 0 Å². The molecule has 0 saturated heterocycles. The molecule has 0 aromatic rings. The van der Waals surface area contributed by atoms with Gasteiger partial charge in [0, 0.05) is 0 Å². The Morgan fingerprint density at radius 3 is 2.00 bits per heavy atom. The SMILES string of the molecule is CC(C)CCCC(C)[O]. The van der Waals surface area contributed by atoms with Gasteiger partial charge in [-0.15, -0.1) is 0 Å². The van der Waals surface area contributed by atoms with Crippen molar-refractivity contribution < 1.29 is 5.11 Å². The fourth-order valence-electron chi connectivity index (χ4n) is 0.814. The molecule has 0 spiro atoms. The maximum absolute atomic E-state index is 10.5. The van der Waals surface area contributed by atoms with Crippen LogP contribution in [-0.4, -0.2) is 6.10 Å². The van der Waals surface area contributed by atoms with Crippen molar-refractivity contribution in [1.82, 2.24) is 0 Å². The average molecular weight is 129 g/mol. The molecule has 55 valence electrons. The Morgan fingerprint density at radius 1 is 1.11 bits per heavy atom. The predicted molar refractivity (Wildman–Crippen MR) is 38.8 cm³/mol. The van der Waals surface area contributed by atoms with Gasteiger partial charge in [-0.05, 0) is 19.3 Å². The second-order valence-corrected chi connectivity index (χ2v) is 3.14. The minimum Gasteiger partial charge on any atom is -0.233 e. The van der Waals surface area contributed by atoms with Crippen LogP contribution in [0.4, 0.5) is 0 Å². The molecule has 0 aliphatic rings. The molecular weight excluding hydrogens is 112 g/mol. The van der Waals surface area contributed by atoms with Gasteiger partial charge in [0.05, 0.1) is 6.10 Å². The van der Waals surface area contributed by atoms with Crippen LogP contribution in [0, 0.1) is 5.92 Å². The van der Waals surface area contributed by atoms with Gasteiger partial charge in [0.1, 0.15) is 0 Å². The summed E-state index contributed by atoms with van der Waals surface area (Å²) < 4.78 is 0. The summed E-state index contributed by atoms with van der Waals surface area (Å²) in [5.74, 6) is 0.753. The summed E-state index contributed by atoms with van der Waals surface area (Å²) in [4.78, 5) is 0. The third-order valence-electron chi connectivity index (χ3n) is 1.39. The minimum atomic E-state index is -0.358. The van der Waals surface area contributed by atoms with Gasteiger partial charge in [-0.1, -0.05) is 26.7 Å². The Balaban J connectivity index is 2.91. The number of hydrogen-bond acceptors (Lipinski definition) is 0. The van der Waals surface area contributed by atoms with Crippen LogP contribution in [0.15, 0.2) is 0 Å². The van der Waals surface area contributed by atoms with Gasteiger partial charge in [-0.25, -0.2) is 5.11 Å². The quantitative estimate of drug-likeness (QED) is 0.556. The molecule has 1 radical (unpaired) electrons. The highest BCUT2D eigenvalue weighted by atomic mass is 16.3. The molecule has 0 fully saturated rings. The van der Waals surface area contributed by atoms with Crippen LogP contribution in [0.25, 0.3) is 0 Å². The van der Waals surface area contributed by atoms with Crippen molar-refractivity contribution in [1.29, 1.82) is 0 Å². The third-order valence-corrected chi connectivity index (χ3v) is 1.39. The third kappa shape index (κ3) is 7.96. The van der Waals surface area contributed by atoms with Gasteiger partial charge in [-0.2, -0.15) is 0 Å². The summed E-state index contributed by atoms with van der Waals surface area (Å²) in [6, 6.07) is 0. The predicted octanol–water partition coefficient (Wildman–Crippen LogP) is 2.63. The highest BCUT2D eigenvalue weighted by Crippen LogP contribution is 2.07. The molecule has 1 heteroatoms. The smallest absolute Gasteiger partial charge is 0.0902 e. The molecule has 0 amide bonds. The van der Waals surface area contributed by atoms with E-state index in [2.05, 4.69) is 13.8 Å². The fraction of sp³-hybridized carbons (Fsp3) is 1.00. The van der Waals surface area contributed by atoms with E-state index >= 15 is 0 Å². The van der Waals surface area contributed by atoms with E-state index in [9.17, 15) is 5.11 Å². The summed E-state index contributed by atoms with van der Waals surface area (Å²) in [5, 5.41) is 10.5. The van der Waals surface area contributed by atoms with Gasteiger partial charge in [-0.3, -0.25) is 0 Å². The van der Waals surface area contributed by atoms with Crippen LogP contribution >= 0.6 is 0 Å². The summed E-state index contributed by atoms with van der Waals surface area (Å²) in [6.45, 7) is 6.12. The highest BCUT2D eigenvalue weighted by Gasteiger charge is 1.98. The summed E-state index contributed by atoms with van der Waals surface area (Å²) in [5.41, 5.74) is 0. The van der Waals surface area contributed by atoms with E-state index in [1.807, 2.05) is 0 Å². The molecule has 0 aliphatic heterocycles. The van der Waals surface area contributed by atoms with Crippen LogP contribution in [-0.2, 0) is 5.11 Å². The minimum absolute atomic E-state index is 0.358. The first-order valence-corrected chi connectivity index (χ1v) is 3.78. The van der Waals surface area contributed by atoms with Crippen molar-refractivity contribution in [3.05, 3.63) is 0 Å². The first kappa shape index (κ1) is 8.96. The Kier molecular flexibility index (Phi) is 4.78. The Hall–Kier alpha value is -0.0400. The van der Waals surface area contributed by atoms with Gasteiger partial charge in [0.25, 0.3) is 0 Å². The first-order valence-electron chi connectivity index (χ1n) is 3.78. The van der Waals surface area contributed by atoms with Crippen molar-refractivity contribution in [2.75, 3.05) is 0 Å². The van der Waals surface area contributed by atoms with Crippen molar-refractivity contribution in [3.63, 3.8) is 0 Å². The summed E-state index contributed by atoms with van der Waals surface area (Å²) in [7, 11) is 0. The van der Waals surface area contributed by atoms with Crippen LogP contribution in [0.3, 0.4) is 0 Å². The lowest BCUT2D eigenvalue weighted by molar-refractivity contribution is 0.0943. The van der Waals surface area contributed by atoms with Crippen LogP contribution < -0.4 is 0 Å².